The molecular formula is C21H26N2O6. The van der Waals surface area contributed by atoms with Crippen LogP contribution in [0.25, 0.3) is 0 Å². The summed E-state index contributed by atoms with van der Waals surface area (Å²) in [7, 11) is 0. The molecule has 29 heavy (non-hydrogen) atoms. The number of carboxylic acid groups (broad SMARTS) is 1. The number of aliphatic carboxylic acids is 1. The number of carboxylic acids is 1. The minimum absolute atomic E-state index is 0.0454. The van der Waals surface area contributed by atoms with Gasteiger partial charge in [0, 0.05) is 12.8 Å². The van der Waals surface area contributed by atoms with Crippen LogP contribution < -0.4 is 9.47 Å². The van der Waals surface area contributed by atoms with Gasteiger partial charge in [-0.2, -0.15) is 0 Å². The molecule has 1 aromatic carbocycles. The van der Waals surface area contributed by atoms with Crippen molar-refractivity contribution in [2.45, 2.75) is 58.5 Å². The van der Waals surface area contributed by atoms with Gasteiger partial charge >= 0.3 is 11.9 Å². The van der Waals surface area contributed by atoms with Crippen LogP contribution in [-0.4, -0.2) is 39.4 Å². The second kappa shape index (κ2) is 8.14. The molecular weight excluding hydrogens is 376 g/mol. The van der Waals surface area contributed by atoms with Crippen LogP contribution >= 0.6 is 0 Å². The number of rotatable bonds is 7. The lowest BCUT2D eigenvalue weighted by molar-refractivity contribution is -0.138. The molecule has 1 unspecified atom stereocenters. The third-order valence-electron chi connectivity index (χ3n) is 4.41. The SMILES string of the molecule is CCCc1nc(CC(C(=O)O)c2ccc3c(c2)OCO3)c(C(=O)OC(C)(C)C)[nH]1. The highest BCUT2D eigenvalue weighted by molar-refractivity contribution is 5.89. The minimum Gasteiger partial charge on any atom is -0.481 e. The molecule has 0 bridgehead atoms. The number of nitrogens with zero attached hydrogens (tertiary/aromatic N) is 1. The van der Waals surface area contributed by atoms with Gasteiger partial charge in [-0.15, -0.1) is 0 Å². The maximum absolute atomic E-state index is 12.7. The first-order valence-corrected chi connectivity index (χ1v) is 9.61. The van der Waals surface area contributed by atoms with Gasteiger partial charge in [0.2, 0.25) is 6.79 Å². The predicted molar refractivity (Wildman–Crippen MR) is 104 cm³/mol. The second-order valence-corrected chi connectivity index (χ2v) is 7.96. The maximum Gasteiger partial charge on any atom is 0.357 e. The molecule has 1 aliphatic heterocycles. The molecule has 2 heterocycles. The van der Waals surface area contributed by atoms with Crippen molar-refractivity contribution in [1.29, 1.82) is 0 Å². The molecule has 2 N–H and O–H groups in total. The number of carbonyl (C=O) groups is 2. The smallest absolute Gasteiger partial charge is 0.357 e. The van der Waals surface area contributed by atoms with E-state index >= 15 is 0 Å². The first kappa shape index (κ1) is 20.7. The van der Waals surface area contributed by atoms with Crippen molar-refractivity contribution in [3.63, 3.8) is 0 Å². The Morgan fingerprint density at radius 2 is 2.00 bits per heavy atom. The van der Waals surface area contributed by atoms with E-state index in [2.05, 4.69) is 9.97 Å². The number of H-pyrrole nitrogens is 1. The summed E-state index contributed by atoms with van der Waals surface area (Å²) < 4.78 is 16.1. The van der Waals surface area contributed by atoms with Gasteiger partial charge in [-0.1, -0.05) is 13.0 Å². The second-order valence-electron chi connectivity index (χ2n) is 7.96. The molecule has 0 aliphatic carbocycles. The summed E-state index contributed by atoms with van der Waals surface area (Å²) in [5.41, 5.74) is 0.466. The zero-order valence-electron chi connectivity index (χ0n) is 17.1. The Balaban J connectivity index is 1.93. The van der Waals surface area contributed by atoms with Crippen molar-refractivity contribution in [3.05, 3.63) is 41.0 Å². The Morgan fingerprint density at radius 1 is 1.28 bits per heavy atom. The molecule has 0 saturated carbocycles. The average Bonchev–Trinajstić information content (AvgIpc) is 3.24. The molecule has 3 rings (SSSR count). The van der Waals surface area contributed by atoms with Crippen molar-refractivity contribution < 1.29 is 28.9 Å². The zero-order valence-corrected chi connectivity index (χ0v) is 17.1. The highest BCUT2D eigenvalue weighted by atomic mass is 16.7. The topological polar surface area (TPSA) is 111 Å². The van der Waals surface area contributed by atoms with Crippen LogP contribution in [0.2, 0.25) is 0 Å². The first-order valence-electron chi connectivity index (χ1n) is 9.61. The quantitative estimate of drug-likeness (QED) is 0.682. The monoisotopic (exact) mass is 402 g/mol. The van der Waals surface area contributed by atoms with E-state index < -0.39 is 23.5 Å². The number of esters is 1. The van der Waals surface area contributed by atoms with Gasteiger partial charge in [0.05, 0.1) is 11.6 Å². The molecule has 0 spiro atoms. The van der Waals surface area contributed by atoms with E-state index in [9.17, 15) is 14.7 Å². The number of aryl methyl sites for hydroxylation is 1. The fourth-order valence-electron chi connectivity index (χ4n) is 3.14. The Morgan fingerprint density at radius 3 is 2.66 bits per heavy atom. The average molecular weight is 402 g/mol. The zero-order chi connectivity index (χ0) is 21.2. The van der Waals surface area contributed by atoms with Crippen molar-refractivity contribution in [1.82, 2.24) is 9.97 Å². The molecule has 8 heteroatoms. The van der Waals surface area contributed by atoms with E-state index in [1.807, 2.05) is 6.92 Å². The fraction of sp³-hybridized carbons (Fsp3) is 0.476. The van der Waals surface area contributed by atoms with Gasteiger partial charge in [0.15, 0.2) is 11.5 Å². The van der Waals surface area contributed by atoms with E-state index in [-0.39, 0.29) is 18.9 Å². The largest absolute Gasteiger partial charge is 0.481 e. The van der Waals surface area contributed by atoms with E-state index in [1.54, 1.807) is 39.0 Å². The molecule has 1 aromatic heterocycles. The summed E-state index contributed by atoms with van der Waals surface area (Å²) in [4.78, 5) is 32.2. The molecule has 0 fully saturated rings. The highest BCUT2D eigenvalue weighted by Gasteiger charge is 2.29. The van der Waals surface area contributed by atoms with E-state index in [0.717, 1.165) is 6.42 Å². The van der Waals surface area contributed by atoms with Crippen molar-refractivity contribution in [2.75, 3.05) is 6.79 Å². The van der Waals surface area contributed by atoms with Crippen LogP contribution in [0.15, 0.2) is 18.2 Å². The minimum atomic E-state index is -1.01. The number of fused-ring (bicyclic) bond motifs is 1. The molecule has 8 nitrogen and oxygen atoms in total. The van der Waals surface area contributed by atoms with Gasteiger partial charge in [-0.05, 0) is 44.9 Å². The molecule has 0 saturated heterocycles. The predicted octanol–water partition coefficient (Wildman–Crippen LogP) is 3.46. The number of benzene rings is 1. The van der Waals surface area contributed by atoms with Gasteiger partial charge in [-0.3, -0.25) is 4.79 Å². The molecule has 156 valence electrons. The van der Waals surface area contributed by atoms with Crippen molar-refractivity contribution in [2.24, 2.45) is 0 Å². The van der Waals surface area contributed by atoms with Gasteiger partial charge in [0.25, 0.3) is 0 Å². The standard InChI is InChI=1S/C21H26N2O6/c1-5-6-17-22-14(18(23-17)20(26)29-21(2,3)4)10-13(19(24)25)12-7-8-15-16(9-12)28-11-27-15/h7-9,13H,5-6,10-11H2,1-4H3,(H,22,23)(H,24,25). The number of hydrogen-bond donors (Lipinski definition) is 2. The summed E-state index contributed by atoms with van der Waals surface area (Å²) in [6, 6.07) is 5.04. The third kappa shape index (κ3) is 4.88. The number of carbonyl (C=O) groups excluding carboxylic acids is 1. The van der Waals surface area contributed by atoms with Crippen LogP contribution in [0.5, 0.6) is 11.5 Å². The molecule has 0 radical (unpaired) electrons. The van der Waals surface area contributed by atoms with Crippen LogP contribution in [-0.2, 0) is 22.4 Å². The number of ether oxygens (including phenoxy) is 3. The fourth-order valence-corrected chi connectivity index (χ4v) is 3.14. The van der Waals surface area contributed by atoms with Crippen LogP contribution in [0.1, 0.15) is 67.6 Å². The summed E-state index contributed by atoms with van der Waals surface area (Å²) >= 11 is 0. The number of hydrogen-bond acceptors (Lipinski definition) is 6. The summed E-state index contributed by atoms with van der Waals surface area (Å²) in [6.45, 7) is 7.45. The van der Waals surface area contributed by atoms with Crippen LogP contribution in [0.4, 0.5) is 0 Å². The molecule has 1 aliphatic rings. The molecule has 1 atom stereocenters. The van der Waals surface area contributed by atoms with Crippen molar-refractivity contribution >= 4 is 11.9 Å². The van der Waals surface area contributed by atoms with E-state index in [1.165, 1.54) is 0 Å². The van der Waals surface area contributed by atoms with Crippen LogP contribution in [0.3, 0.4) is 0 Å². The Hall–Kier alpha value is -3.03. The lowest BCUT2D eigenvalue weighted by Gasteiger charge is -2.19. The van der Waals surface area contributed by atoms with Gasteiger partial charge in [-0.25, -0.2) is 9.78 Å². The van der Waals surface area contributed by atoms with Gasteiger partial charge < -0.3 is 24.3 Å². The first-order chi connectivity index (χ1) is 13.7. The normalized spacial score (nSPS) is 13.9. The summed E-state index contributed by atoms with van der Waals surface area (Å²) in [5.74, 6) is -0.731. The number of imidazole rings is 1. The number of aromatic amines is 1. The Bertz CT molecular complexity index is 912. The van der Waals surface area contributed by atoms with Gasteiger partial charge in [0.1, 0.15) is 17.1 Å². The lowest BCUT2D eigenvalue weighted by Crippen LogP contribution is -2.25. The highest BCUT2D eigenvalue weighted by Crippen LogP contribution is 2.35. The van der Waals surface area contributed by atoms with E-state index in [0.29, 0.717) is 35.0 Å². The van der Waals surface area contributed by atoms with Crippen molar-refractivity contribution in [3.8, 4) is 11.5 Å². The molecule has 0 amide bonds. The summed E-state index contributed by atoms with van der Waals surface area (Å²) in [6.07, 6.45) is 1.53. The van der Waals surface area contributed by atoms with E-state index in [4.69, 9.17) is 14.2 Å². The lowest BCUT2D eigenvalue weighted by atomic mass is 9.93. The molecule has 2 aromatic rings. The third-order valence-corrected chi connectivity index (χ3v) is 4.41. The summed E-state index contributed by atoms with van der Waals surface area (Å²) in [5, 5.41) is 9.84. The maximum atomic E-state index is 12.7. The Kier molecular flexibility index (Phi) is 5.81. The number of aromatic nitrogens is 2. The Labute approximate surface area is 169 Å². The number of nitrogens with one attached hydrogen (secondary N) is 1. The van der Waals surface area contributed by atoms with Crippen LogP contribution in [0, 0.1) is 0 Å².